The normalized spacial score (nSPS) is 12.2. The molecule has 0 aliphatic carbocycles. The number of hydrogen-bond acceptors (Lipinski definition) is 3. The number of nitrogens with zero attached hydrogens (tertiary/aromatic N) is 1. The van der Waals surface area contributed by atoms with Crippen LogP contribution in [0.2, 0.25) is 5.02 Å². The highest BCUT2D eigenvalue weighted by molar-refractivity contribution is 6.34. The number of anilines is 1. The quantitative estimate of drug-likeness (QED) is 0.835. The zero-order chi connectivity index (χ0) is 14.4. The molecule has 0 spiro atoms. The lowest BCUT2D eigenvalue weighted by atomic mass is 10.1. The van der Waals surface area contributed by atoms with E-state index >= 15 is 0 Å². The maximum Gasteiger partial charge on any atom is 0.337 e. The fourth-order valence-electron chi connectivity index (χ4n) is 1.94. The second kappa shape index (κ2) is 7.36. The van der Waals surface area contributed by atoms with Crippen molar-refractivity contribution in [3.05, 3.63) is 28.8 Å². The van der Waals surface area contributed by atoms with Crippen LogP contribution in [-0.2, 0) is 4.74 Å². The molecule has 0 aliphatic rings. The molecule has 0 aliphatic heterocycles. The van der Waals surface area contributed by atoms with E-state index in [2.05, 4.69) is 6.92 Å². The summed E-state index contributed by atoms with van der Waals surface area (Å²) in [7, 11) is 1.62. The minimum Gasteiger partial charge on any atom is -0.478 e. The van der Waals surface area contributed by atoms with Gasteiger partial charge in [-0.2, -0.15) is 0 Å². The van der Waals surface area contributed by atoms with Crippen molar-refractivity contribution in [1.29, 1.82) is 0 Å². The summed E-state index contributed by atoms with van der Waals surface area (Å²) in [4.78, 5) is 13.3. The number of benzene rings is 1. The van der Waals surface area contributed by atoms with Crippen LogP contribution in [0.4, 0.5) is 5.69 Å². The lowest BCUT2D eigenvalue weighted by Crippen LogP contribution is -2.36. The molecule has 1 N–H and O–H groups in total. The number of carboxylic acid groups (broad SMARTS) is 1. The van der Waals surface area contributed by atoms with E-state index in [9.17, 15) is 9.90 Å². The Morgan fingerprint density at radius 2 is 2.21 bits per heavy atom. The van der Waals surface area contributed by atoms with E-state index in [0.717, 1.165) is 6.42 Å². The van der Waals surface area contributed by atoms with Crippen LogP contribution in [0.25, 0.3) is 0 Å². The van der Waals surface area contributed by atoms with Gasteiger partial charge < -0.3 is 14.7 Å². The average molecular weight is 286 g/mol. The number of ether oxygens (including phenoxy) is 1. The minimum absolute atomic E-state index is 0.188. The summed E-state index contributed by atoms with van der Waals surface area (Å²) in [6, 6.07) is 5.13. The van der Waals surface area contributed by atoms with Crippen molar-refractivity contribution in [2.75, 3.05) is 25.2 Å². The van der Waals surface area contributed by atoms with Crippen molar-refractivity contribution in [3.8, 4) is 0 Å². The Balaban J connectivity index is 3.23. The smallest absolute Gasteiger partial charge is 0.337 e. The van der Waals surface area contributed by atoms with Gasteiger partial charge in [0.15, 0.2) is 0 Å². The Morgan fingerprint density at radius 1 is 1.53 bits per heavy atom. The second-order valence-electron chi connectivity index (χ2n) is 4.38. The highest BCUT2D eigenvalue weighted by Gasteiger charge is 2.22. The van der Waals surface area contributed by atoms with Crippen molar-refractivity contribution < 1.29 is 14.6 Å². The fourth-order valence-corrected chi connectivity index (χ4v) is 2.23. The molecular formula is C14H20ClNO3. The molecule has 4 nitrogen and oxygen atoms in total. The van der Waals surface area contributed by atoms with E-state index in [-0.39, 0.29) is 11.6 Å². The van der Waals surface area contributed by atoms with Crippen molar-refractivity contribution in [2.45, 2.75) is 26.3 Å². The van der Waals surface area contributed by atoms with Gasteiger partial charge in [-0.3, -0.25) is 0 Å². The van der Waals surface area contributed by atoms with E-state index in [4.69, 9.17) is 16.3 Å². The van der Waals surface area contributed by atoms with E-state index in [0.29, 0.717) is 23.9 Å². The Kier molecular flexibility index (Phi) is 6.12. The largest absolute Gasteiger partial charge is 0.478 e. The number of para-hydroxylation sites is 1. The monoisotopic (exact) mass is 285 g/mol. The standard InChI is InChI=1S/C14H20ClNO3/c1-4-10(2)16(8-9-19-3)13-11(14(17)18)6-5-7-12(13)15/h5-7,10H,4,8-9H2,1-3H3,(H,17,18). The molecule has 1 atom stereocenters. The maximum atomic E-state index is 11.3. The van der Waals surface area contributed by atoms with Crippen LogP contribution in [0.5, 0.6) is 0 Å². The number of halogens is 1. The topological polar surface area (TPSA) is 49.8 Å². The first kappa shape index (κ1) is 15.8. The SMILES string of the molecule is CCC(C)N(CCOC)c1c(Cl)cccc1C(=O)O. The van der Waals surface area contributed by atoms with Gasteiger partial charge in [-0.25, -0.2) is 4.79 Å². The zero-order valence-electron chi connectivity index (χ0n) is 11.5. The molecule has 0 radical (unpaired) electrons. The third kappa shape index (κ3) is 3.85. The van der Waals surface area contributed by atoms with Gasteiger partial charge in [-0.1, -0.05) is 24.6 Å². The molecule has 0 aromatic heterocycles. The molecule has 19 heavy (non-hydrogen) atoms. The first-order chi connectivity index (χ1) is 9.02. The summed E-state index contributed by atoms with van der Waals surface area (Å²) in [5.41, 5.74) is 0.798. The molecule has 0 saturated carbocycles. The summed E-state index contributed by atoms with van der Waals surface area (Å²) in [5, 5.41) is 9.76. The predicted molar refractivity (Wildman–Crippen MR) is 77.4 cm³/mol. The fraction of sp³-hybridized carbons (Fsp3) is 0.500. The van der Waals surface area contributed by atoms with E-state index in [1.54, 1.807) is 25.3 Å². The highest BCUT2D eigenvalue weighted by Crippen LogP contribution is 2.31. The van der Waals surface area contributed by atoms with Gasteiger partial charge in [-0.15, -0.1) is 0 Å². The van der Waals surface area contributed by atoms with Crippen LogP contribution in [0.1, 0.15) is 30.6 Å². The molecule has 0 fully saturated rings. The van der Waals surface area contributed by atoms with Crippen LogP contribution >= 0.6 is 11.6 Å². The second-order valence-corrected chi connectivity index (χ2v) is 4.79. The number of rotatable bonds is 7. The minimum atomic E-state index is -0.969. The van der Waals surface area contributed by atoms with E-state index in [1.807, 2.05) is 11.8 Å². The van der Waals surface area contributed by atoms with Crippen LogP contribution in [-0.4, -0.2) is 37.4 Å². The highest BCUT2D eigenvalue weighted by atomic mass is 35.5. The van der Waals surface area contributed by atoms with Gasteiger partial charge in [0.2, 0.25) is 0 Å². The number of aromatic carboxylic acids is 1. The number of hydrogen-bond donors (Lipinski definition) is 1. The summed E-state index contributed by atoms with van der Waals surface area (Å²) in [6.07, 6.45) is 0.897. The molecule has 0 heterocycles. The third-order valence-corrected chi connectivity index (χ3v) is 3.47. The Labute approximate surface area is 118 Å². The van der Waals surface area contributed by atoms with Crippen molar-refractivity contribution in [2.24, 2.45) is 0 Å². The van der Waals surface area contributed by atoms with Gasteiger partial charge in [0, 0.05) is 19.7 Å². The summed E-state index contributed by atoms with van der Waals surface area (Å²) >= 11 is 6.20. The summed E-state index contributed by atoms with van der Waals surface area (Å²) in [6.45, 7) is 5.23. The van der Waals surface area contributed by atoms with Gasteiger partial charge in [0.25, 0.3) is 0 Å². The molecule has 1 unspecified atom stereocenters. The lowest BCUT2D eigenvalue weighted by Gasteiger charge is -2.32. The number of carbonyl (C=O) groups is 1. The predicted octanol–water partition coefficient (Wildman–Crippen LogP) is 3.29. The maximum absolute atomic E-state index is 11.3. The van der Waals surface area contributed by atoms with Gasteiger partial charge >= 0.3 is 5.97 Å². The van der Waals surface area contributed by atoms with Crippen molar-refractivity contribution in [1.82, 2.24) is 0 Å². The molecule has 1 aromatic carbocycles. The van der Waals surface area contributed by atoms with Crippen LogP contribution < -0.4 is 4.90 Å². The van der Waals surface area contributed by atoms with E-state index in [1.165, 1.54) is 0 Å². The molecule has 1 aromatic rings. The van der Waals surface area contributed by atoms with Crippen LogP contribution in [0, 0.1) is 0 Å². The van der Waals surface area contributed by atoms with Crippen LogP contribution in [0.15, 0.2) is 18.2 Å². The third-order valence-electron chi connectivity index (χ3n) is 3.16. The Bertz CT molecular complexity index is 437. The summed E-state index contributed by atoms with van der Waals surface area (Å²) in [5.74, 6) is -0.969. The molecule has 1 rings (SSSR count). The number of carboxylic acids is 1. The van der Waals surface area contributed by atoms with Gasteiger partial charge in [0.05, 0.1) is 22.9 Å². The van der Waals surface area contributed by atoms with Gasteiger partial charge in [-0.05, 0) is 25.5 Å². The molecular weight excluding hydrogens is 266 g/mol. The van der Waals surface area contributed by atoms with Crippen molar-refractivity contribution in [3.63, 3.8) is 0 Å². The molecule has 0 saturated heterocycles. The van der Waals surface area contributed by atoms with Gasteiger partial charge in [0.1, 0.15) is 0 Å². The Morgan fingerprint density at radius 3 is 2.74 bits per heavy atom. The molecule has 106 valence electrons. The zero-order valence-corrected chi connectivity index (χ0v) is 12.3. The van der Waals surface area contributed by atoms with E-state index < -0.39 is 5.97 Å². The molecule has 0 bridgehead atoms. The summed E-state index contributed by atoms with van der Waals surface area (Å²) < 4.78 is 5.10. The molecule has 5 heteroatoms. The first-order valence-corrected chi connectivity index (χ1v) is 6.68. The van der Waals surface area contributed by atoms with Crippen molar-refractivity contribution >= 4 is 23.3 Å². The Hall–Kier alpha value is -1.26. The lowest BCUT2D eigenvalue weighted by molar-refractivity contribution is 0.0697. The molecule has 0 amide bonds. The van der Waals surface area contributed by atoms with Crippen LogP contribution in [0.3, 0.4) is 0 Å². The average Bonchev–Trinajstić information content (AvgIpc) is 2.39. The first-order valence-electron chi connectivity index (χ1n) is 6.30. The number of methoxy groups -OCH3 is 1.